The van der Waals surface area contributed by atoms with Crippen molar-refractivity contribution in [2.45, 2.75) is 25.8 Å². The van der Waals surface area contributed by atoms with Crippen molar-refractivity contribution < 1.29 is 9.84 Å². The Bertz CT molecular complexity index is 372. The molecule has 1 aromatic rings. The van der Waals surface area contributed by atoms with Gasteiger partial charge in [-0.05, 0) is 50.0 Å². The molecule has 3 heteroatoms. The summed E-state index contributed by atoms with van der Waals surface area (Å²) in [6.07, 6.45) is 2.48. The molecule has 1 saturated heterocycles. The first kappa shape index (κ1) is 12.4. The second-order valence-corrected chi connectivity index (χ2v) is 4.67. The first-order valence-electron chi connectivity index (χ1n) is 6.25. The summed E-state index contributed by atoms with van der Waals surface area (Å²) in [6.45, 7) is 4.42. The molecule has 0 aromatic heterocycles. The quantitative estimate of drug-likeness (QED) is 0.868. The van der Waals surface area contributed by atoms with Crippen molar-refractivity contribution in [2.75, 3.05) is 26.8 Å². The summed E-state index contributed by atoms with van der Waals surface area (Å²) >= 11 is 0. The molecule has 1 aromatic carbocycles. The van der Waals surface area contributed by atoms with Crippen LogP contribution < -0.4 is 4.74 Å². The molecule has 1 N–H and O–H groups in total. The number of hydrogen-bond donors (Lipinski definition) is 1. The summed E-state index contributed by atoms with van der Waals surface area (Å²) in [5, 5.41) is 9.58. The number of aliphatic hydroxyl groups is 1. The fourth-order valence-electron chi connectivity index (χ4n) is 2.59. The van der Waals surface area contributed by atoms with Crippen LogP contribution in [0.4, 0.5) is 0 Å². The van der Waals surface area contributed by atoms with E-state index in [1.807, 2.05) is 13.0 Å². The van der Waals surface area contributed by atoms with E-state index in [-0.39, 0.29) is 12.6 Å². The van der Waals surface area contributed by atoms with Crippen molar-refractivity contribution in [3.63, 3.8) is 0 Å². The zero-order valence-electron chi connectivity index (χ0n) is 10.6. The van der Waals surface area contributed by atoms with Crippen molar-refractivity contribution >= 4 is 0 Å². The molecule has 1 aliphatic rings. The Morgan fingerprint density at radius 3 is 2.59 bits per heavy atom. The van der Waals surface area contributed by atoms with Crippen LogP contribution in [0.25, 0.3) is 0 Å². The summed E-state index contributed by atoms with van der Waals surface area (Å²) in [4.78, 5) is 2.36. The number of aryl methyl sites for hydroxylation is 1. The molecule has 1 heterocycles. The first-order valence-corrected chi connectivity index (χ1v) is 6.25. The van der Waals surface area contributed by atoms with E-state index in [0.29, 0.717) is 0 Å². The Morgan fingerprint density at radius 2 is 2.06 bits per heavy atom. The minimum absolute atomic E-state index is 0.141. The molecule has 1 unspecified atom stereocenters. The molecular formula is C14H21NO2. The zero-order chi connectivity index (χ0) is 12.3. The Morgan fingerprint density at radius 1 is 1.35 bits per heavy atom. The van der Waals surface area contributed by atoms with Gasteiger partial charge < -0.3 is 9.84 Å². The molecule has 2 rings (SSSR count). The normalized spacial score (nSPS) is 18.3. The third-order valence-electron chi connectivity index (χ3n) is 3.56. The fourth-order valence-corrected chi connectivity index (χ4v) is 2.59. The molecule has 1 aliphatic heterocycles. The molecule has 0 radical (unpaired) electrons. The lowest BCUT2D eigenvalue weighted by Gasteiger charge is -2.26. The standard InChI is InChI=1S/C14H21NO2/c1-11-9-12(5-6-14(11)17-2)13(10-16)15-7-3-4-8-15/h5-6,9,13,16H,3-4,7-8,10H2,1-2H3. The van der Waals surface area contributed by atoms with Crippen molar-refractivity contribution in [1.82, 2.24) is 4.90 Å². The zero-order valence-corrected chi connectivity index (χ0v) is 10.6. The molecule has 17 heavy (non-hydrogen) atoms. The lowest BCUT2D eigenvalue weighted by Crippen LogP contribution is -2.28. The van der Waals surface area contributed by atoms with Crippen molar-refractivity contribution in [3.8, 4) is 5.75 Å². The van der Waals surface area contributed by atoms with Gasteiger partial charge in [0, 0.05) is 0 Å². The van der Waals surface area contributed by atoms with E-state index in [1.165, 1.54) is 18.4 Å². The van der Waals surface area contributed by atoms with E-state index < -0.39 is 0 Å². The van der Waals surface area contributed by atoms with Gasteiger partial charge in [-0.2, -0.15) is 0 Å². The van der Waals surface area contributed by atoms with Gasteiger partial charge in [-0.1, -0.05) is 12.1 Å². The molecule has 0 bridgehead atoms. The minimum atomic E-state index is 0.141. The van der Waals surface area contributed by atoms with Crippen LogP contribution in [-0.2, 0) is 0 Å². The van der Waals surface area contributed by atoms with Gasteiger partial charge in [0.25, 0.3) is 0 Å². The average molecular weight is 235 g/mol. The number of hydrogen-bond acceptors (Lipinski definition) is 3. The summed E-state index contributed by atoms with van der Waals surface area (Å²) < 4.78 is 5.26. The lowest BCUT2D eigenvalue weighted by atomic mass is 10.0. The summed E-state index contributed by atoms with van der Waals surface area (Å²) in [6, 6.07) is 6.31. The summed E-state index contributed by atoms with van der Waals surface area (Å²) in [7, 11) is 1.69. The van der Waals surface area contributed by atoms with Gasteiger partial charge in [-0.15, -0.1) is 0 Å². The smallest absolute Gasteiger partial charge is 0.121 e. The second-order valence-electron chi connectivity index (χ2n) is 4.67. The molecule has 1 fully saturated rings. The molecular weight excluding hydrogens is 214 g/mol. The molecule has 0 aliphatic carbocycles. The highest BCUT2D eigenvalue weighted by atomic mass is 16.5. The maximum absolute atomic E-state index is 9.58. The monoisotopic (exact) mass is 235 g/mol. The van der Waals surface area contributed by atoms with Gasteiger partial charge in [0.2, 0.25) is 0 Å². The van der Waals surface area contributed by atoms with Crippen LogP contribution in [0.5, 0.6) is 5.75 Å². The summed E-state index contributed by atoms with van der Waals surface area (Å²) in [5.74, 6) is 0.909. The second kappa shape index (κ2) is 5.52. The van der Waals surface area contributed by atoms with Gasteiger partial charge >= 0.3 is 0 Å². The largest absolute Gasteiger partial charge is 0.496 e. The van der Waals surface area contributed by atoms with Crippen LogP contribution in [0.1, 0.15) is 30.0 Å². The van der Waals surface area contributed by atoms with Crippen LogP contribution >= 0.6 is 0 Å². The van der Waals surface area contributed by atoms with Crippen LogP contribution in [0, 0.1) is 6.92 Å². The van der Waals surface area contributed by atoms with E-state index in [4.69, 9.17) is 4.74 Å². The van der Waals surface area contributed by atoms with E-state index >= 15 is 0 Å². The highest BCUT2D eigenvalue weighted by Gasteiger charge is 2.22. The highest BCUT2D eigenvalue weighted by Crippen LogP contribution is 2.28. The SMILES string of the molecule is COc1ccc(C(CO)N2CCCC2)cc1C. The number of ether oxygens (including phenoxy) is 1. The Balaban J connectivity index is 2.21. The molecule has 94 valence electrons. The maximum Gasteiger partial charge on any atom is 0.121 e. The van der Waals surface area contributed by atoms with Crippen LogP contribution in [0.3, 0.4) is 0 Å². The number of nitrogens with zero attached hydrogens (tertiary/aromatic N) is 1. The number of rotatable bonds is 4. The maximum atomic E-state index is 9.58. The minimum Gasteiger partial charge on any atom is -0.496 e. The number of likely N-dealkylation sites (tertiary alicyclic amines) is 1. The van der Waals surface area contributed by atoms with Gasteiger partial charge in [-0.3, -0.25) is 4.90 Å². The predicted octanol–water partition coefficient (Wildman–Crippen LogP) is 2.13. The van der Waals surface area contributed by atoms with E-state index in [2.05, 4.69) is 17.0 Å². The van der Waals surface area contributed by atoms with E-state index in [0.717, 1.165) is 24.4 Å². The molecule has 0 saturated carbocycles. The Labute approximate surface area is 103 Å². The number of aliphatic hydroxyl groups excluding tert-OH is 1. The Kier molecular flexibility index (Phi) is 4.02. The summed E-state index contributed by atoms with van der Waals surface area (Å²) in [5.41, 5.74) is 2.32. The third-order valence-corrected chi connectivity index (χ3v) is 3.56. The first-order chi connectivity index (χ1) is 8.26. The lowest BCUT2D eigenvalue weighted by molar-refractivity contribution is 0.147. The van der Waals surface area contributed by atoms with Crippen molar-refractivity contribution in [1.29, 1.82) is 0 Å². The third kappa shape index (κ3) is 2.61. The van der Waals surface area contributed by atoms with Crippen molar-refractivity contribution in [2.24, 2.45) is 0 Å². The topological polar surface area (TPSA) is 32.7 Å². The highest BCUT2D eigenvalue weighted by molar-refractivity contribution is 5.37. The number of benzene rings is 1. The van der Waals surface area contributed by atoms with Gasteiger partial charge in [-0.25, -0.2) is 0 Å². The van der Waals surface area contributed by atoms with Gasteiger partial charge in [0.15, 0.2) is 0 Å². The van der Waals surface area contributed by atoms with Crippen LogP contribution in [0.2, 0.25) is 0 Å². The average Bonchev–Trinajstić information content (AvgIpc) is 2.84. The predicted molar refractivity (Wildman–Crippen MR) is 68.4 cm³/mol. The van der Waals surface area contributed by atoms with E-state index in [1.54, 1.807) is 7.11 Å². The molecule has 0 amide bonds. The van der Waals surface area contributed by atoms with Crippen LogP contribution in [0.15, 0.2) is 18.2 Å². The fraction of sp³-hybridized carbons (Fsp3) is 0.571. The van der Waals surface area contributed by atoms with E-state index in [9.17, 15) is 5.11 Å². The van der Waals surface area contributed by atoms with Gasteiger partial charge in [0.05, 0.1) is 19.8 Å². The molecule has 0 spiro atoms. The Hall–Kier alpha value is -1.06. The molecule has 3 nitrogen and oxygen atoms in total. The van der Waals surface area contributed by atoms with Crippen LogP contribution in [-0.4, -0.2) is 36.8 Å². The van der Waals surface area contributed by atoms with Crippen molar-refractivity contribution in [3.05, 3.63) is 29.3 Å². The number of methoxy groups -OCH3 is 1. The molecule has 1 atom stereocenters. The van der Waals surface area contributed by atoms with Gasteiger partial charge in [0.1, 0.15) is 5.75 Å².